The fraction of sp³-hybridized carbons (Fsp3) is 0.250. The van der Waals surface area contributed by atoms with E-state index in [0.29, 0.717) is 25.3 Å². The smallest absolute Gasteiger partial charge is 0.213 e. The molecule has 1 aromatic carbocycles. The van der Waals surface area contributed by atoms with E-state index in [9.17, 15) is 4.79 Å². The van der Waals surface area contributed by atoms with Gasteiger partial charge >= 0.3 is 0 Å². The first-order chi connectivity index (χ1) is 14.1. The van der Waals surface area contributed by atoms with Crippen LogP contribution < -0.4 is 4.74 Å². The van der Waals surface area contributed by atoms with Crippen LogP contribution in [-0.4, -0.2) is 28.6 Å². The second kappa shape index (κ2) is 8.35. The van der Waals surface area contributed by atoms with E-state index >= 15 is 0 Å². The highest BCUT2D eigenvalue weighted by Gasteiger charge is 2.20. The highest BCUT2D eigenvalue weighted by Crippen LogP contribution is 2.25. The molecule has 1 aliphatic rings. The standard InChI is InChI=1S/C24H23N3O2/c1-16(17-6-4-3-5-7-17)10-21(28)13-20-11-19-14-27-24(22(19)15-26-20)18-8-9-25-23(12-18)29-2/h3-9,11-12,15-16H,10,13-14H2,1-2H3/t16-/m0/s1. The Balaban J connectivity index is 1.45. The molecule has 3 aromatic rings. The van der Waals surface area contributed by atoms with Crippen molar-refractivity contribution in [2.24, 2.45) is 4.99 Å². The summed E-state index contributed by atoms with van der Waals surface area (Å²) >= 11 is 0. The SMILES string of the molecule is COc1cc(C2=NCc3cc(CC(=O)C[C@H](C)c4ccccc4)ncc32)ccn1. The van der Waals surface area contributed by atoms with Crippen molar-refractivity contribution in [3.05, 3.63) is 88.9 Å². The van der Waals surface area contributed by atoms with E-state index in [1.807, 2.05) is 42.6 Å². The molecule has 0 saturated heterocycles. The zero-order valence-electron chi connectivity index (χ0n) is 16.6. The number of aromatic nitrogens is 2. The van der Waals surface area contributed by atoms with E-state index in [2.05, 4.69) is 34.0 Å². The number of benzene rings is 1. The Hall–Kier alpha value is -3.34. The molecule has 0 N–H and O–H groups in total. The molecule has 5 heteroatoms. The number of nitrogens with zero attached hydrogens (tertiary/aromatic N) is 3. The van der Waals surface area contributed by atoms with Crippen LogP contribution in [0.1, 0.15) is 47.2 Å². The molecule has 0 saturated carbocycles. The van der Waals surface area contributed by atoms with Crippen molar-refractivity contribution < 1.29 is 9.53 Å². The van der Waals surface area contributed by atoms with Crippen LogP contribution in [-0.2, 0) is 17.8 Å². The minimum absolute atomic E-state index is 0.201. The largest absolute Gasteiger partial charge is 0.481 e. The van der Waals surface area contributed by atoms with Gasteiger partial charge in [-0.2, -0.15) is 0 Å². The lowest BCUT2D eigenvalue weighted by molar-refractivity contribution is -0.118. The summed E-state index contributed by atoms with van der Waals surface area (Å²) in [4.78, 5) is 25.9. The topological polar surface area (TPSA) is 64.4 Å². The highest BCUT2D eigenvalue weighted by atomic mass is 16.5. The third kappa shape index (κ3) is 4.24. The van der Waals surface area contributed by atoms with E-state index in [0.717, 1.165) is 28.1 Å². The number of fused-ring (bicyclic) bond motifs is 1. The molecule has 1 atom stereocenters. The molecule has 2 aromatic heterocycles. The van der Waals surface area contributed by atoms with Crippen molar-refractivity contribution in [3.63, 3.8) is 0 Å². The molecule has 0 amide bonds. The fourth-order valence-corrected chi connectivity index (χ4v) is 3.67. The average Bonchev–Trinajstić information content (AvgIpc) is 3.17. The van der Waals surface area contributed by atoms with Crippen LogP contribution in [0.5, 0.6) is 5.88 Å². The van der Waals surface area contributed by atoms with Crippen molar-refractivity contribution in [3.8, 4) is 5.88 Å². The quantitative estimate of drug-likeness (QED) is 0.613. The first-order valence-corrected chi connectivity index (χ1v) is 9.73. The normalized spacial score (nSPS) is 13.5. The Morgan fingerprint density at radius 1 is 1.14 bits per heavy atom. The third-order valence-electron chi connectivity index (χ3n) is 5.21. The lowest BCUT2D eigenvalue weighted by atomic mass is 9.94. The molecule has 0 bridgehead atoms. The van der Waals surface area contributed by atoms with Gasteiger partial charge in [0.25, 0.3) is 0 Å². The molecule has 29 heavy (non-hydrogen) atoms. The van der Waals surface area contributed by atoms with E-state index in [4.69, 9.17) is 4.74 Å². The Morgan fingerprint density at radius 2 is 1.97 bits per heavy atom. The molecule has 0 unspecified atom stereocenters. The van der Waals surface area contributed by atoms with Gasteiger partial charge in [-0.15, -0.1) is 0 Å². The third-order valence-corrected chi connectivity index (χ3v) is 5.21. The fourth-order valence-electron chi connectivity index (χ4n) is 3.67. The molecule has 0 fully saturated rings. The zero-order chi connectivity index (χ0) is 20.2. The van der Waals surface area contributed by atoms with Crippen LogP contribution in [0.15, 0.2) is 65.9 Å². The molecule has 0 radical (unpaired) electrons. The van der Waals surface area contributed by atoms with Gasteiger partial charge in [0, 0.05) is 48.1 Å². The molecular formula is C24H23N3O2. The Bertz CT molecular complexity index is 1060. The molecule has 0 spiro atoms. The summed E-state index contributed by atoms with van der Waals surface area (Å²) < 4.78 is 5.21. The summed E-state index contributed by atoms with van der Waals surface area (Å²) in [7, 11) is 1.60. The Morgan fingerprint density at radius 3 is 2.76 bits per heavy atom. The second-order valence-corrected chi connectivity index (χ2v) is 7.32. The second-order valence-electron chi connectivity index (χ2n) is 7.32. The molecule has 4 rings (SSSR count). The number of carbonyl (C=O) groups is 1. The van der Waals surface area contributed by atoms with Crippen LogP contribution in [0, 0.1) is 0 Å². The van der Waals surface area contributed by atoms with Gasteiger partial charge in [0.1, 0.15) is 5.78 Å². The molecule has 146 valence electrons. The summed E-state index contributed by atoms with van der Waals surface area (Å²) in [5.74, 6) is 0.961. The predicted octanol–water partition coefficient (Wildman–Crippen LogP) is 4.14. The van der Waals surface area contributed by atoms with Crippen molar-refractivity contribution >= 4 is 11.5 Å². The van der Waals surface area contributed by atoms with Crippen LogP contribution in [0.3, 0.4) is 0 Å². The van der Waals surface area contributed by atoms with Crippen LogP contribution >= 0.6 is 0 Å². The Kier molecular flexibility index (Phi) is 5.47. The van der Waals surface area contributed by atoms with Crippen molar-refractivity contribution in [2.45, 2.75) is 32.2 Å². The van der Waals surface area contributed by atoms with Gasteiger partial charge in [-0.25, -0.2) is 4.98 Å². The van der Waals surface area contributed by atoms with Crippen LogP contribution in [0.25, 0.3) is 0 Å². The summed E-state index contributed by atoms with van der Waals surface area (Å²) in [6.45, 7) is 2.69. The maximum atomic E-state index is 12.6. The van der Waals surface area contributed by atoms with Crippen molar-refractivity contribution in [1.82, 2.24) is 9.97 Å². The minimum atomic E-state index is 0.201. The number of carbonyl (C=O) groups excluding carboxylic acids is 1. The average molecular weight is 385 g/mol. The lowest BCUT2D eigenvalue weighted by Gasteiger charge is -2.11. The van der Waals surface area contributed by atoms with Gasteiger partial charge in [-0.1, -0.05) is 37.3 Å². The first kappa shape index (κ1) is 19.0. The van der Waals surface area contributed by atoms with Gasteiger partial charge in [0.05, 0.1) is 19.4 Å². The number of rotatable bonds is 7. The molecule has 1 aliphatic heterocycles. The predicted molar refractivity (Wildman–Crippen MR) is 113 cm³/mol. The van der Waals surface area contributed by atoms with Crippen molar-refractivity contribution in [1.29, 1.82) is 0 Å². The number of ether oxygens (including phenoxy) is 1. The summed E-state index contributed by atoms with van der Waals surface area (Å²) in [5.41, 5.74) is 5.95. The minimum Gasteiger partial charge on any atom is -0.481 e. The maximum absolute atomic E-state index is 12.6. The summed E-state index contributed by atoms with van der Waals surface area (Å²) in [5, 5.41) is 0. The molecule has 5 nitrogen and oxygen atoms in total. The Labute approximate surface area is 170 Å². The lowest BCUT2D eigenvalue weighted by Crippen LogP contribution is -2.10. The number of aliphatic imine (C=N–C) groups is 1. The summed E-state index contributed by atoms with van der Waals surface area (Å²) in [6.07, 6.45) is 4.41. The van der Waals surface area contributed by atoms with E-state index < -0.39 is 0 Å². The summed E-state index contributed by atoms with van der Waals surface area (Å²) in [6, 6.07) is 15.9. The van der Waals surface area contributed by atoms with Crippen molar-refractivity contribution in [2.75, 3.05) is 7.11 Å². The van der Waals surface area contributed by atoms with E-state index in [-0.39, 0.29) is 11.7 Å². The molecule has 0 aliphatic carbocycles. The zero-order valence-corrected chi connectivity index (χ0v) is 16.6. The van der Waals surface area contributed by atoms with Crippen LogP contribution in [0.4, 0.5) is 0 Å². The number of hydrogen-bond acceptors (Lipinski definition) is 5. The number of hydrogen-bond donors (Lipinski definition) is 0. The molecule has 3 heterocycles. The maximum Gasteiger partial charge on any atom is 0.213 e. The van der Waals surface area contributed by atoms with Gasteiger partial charge in [0.15, 0.2) is 0 Å². The number of methoxy groups -OCH3 is 1. The number of pyridine rings is 2. The monoisotopic (exact) mass is 385 g/mol. The van der Waals surface area contributed by atoms with Crippen LogP contribution in [0.2, 0.25) is 0 Å². The van der Waals surface area contributed by atoms with E-state index in [1.54, 1.807) is 13.3 Å². The highest BCUT2D eigenvalue weighted by molar-refractivity contribution is 6.15. The molecular weight excluding hydrogens is 362 g/mol. The number of ketones is 1. The first-order valence-electron chi connectivity index (χ1n) is 9.73. The number of Topliss-reactive ketones (excluding diaryl/α,β-unsaturated/α-hetero) is 1. The van der Waals surface area contributed by atoms with Gasteiger partial charge < -0.3 is 4.74 Å². The van der Waals surface area contributed by atoms with Gasteiger partial charge in [0.2, 0.25) is 5.88 Å². The van der Waals surface area contributed by atoms with Gasteiger partial charge in [-0.3, -0.25) is 14.8 Å². The van der Waals surface area contributed by atoms with Gasteiger partial charge in [-0.05, 0) is 29.2 Å². The van der Waals surface area contributed by atoms with E-state index in [1.165, 1.54) is 5.56 Å².